The second-order valence-corrected chi connectivity index (χ2v) is 4.82. The number of ether oxygens (including phenoxy) is 1. The van der Waals surface area contributed by atoms with E-state index in [0.717, 1.165) is 18.2 Å². The van der Waals surface area contributed by atoms with Crippen molar-refractivity contribution in [3.63, 3.8) is 0 Å². The van der Waals surface area contributed by atoms with Crippen molar-refractivity contribution >= 4 is 22.4 Å². The van der Waals surface area contributed by atoms with Crippen LogP contribution in [0.1, 0.15) is 24.3 Å². The highest BCUT2D eigenvalue weighted by atomic mass is 32.1. The van der Waals surface area contributed by atoms with Crippen LogP contribution in [0.25, 0.3) is 0 Å². The molecular formula is C10H14N2O3S. The first-order chi connectivity index (χ1) is 7.56. The fourth-order valence-corrected chi connectivity index (χ4v) is 2.66. The van der Waals surface area contributed by atoms with Gasteiger partial charge in [-0.05, 0) is 13.8 Å². The quantitative estimate of drug-likeness (QED) is 0.850. The van der Waals surface area contributed by atoms with Gasteiger partial charge in [-0.15, -0.1) is 11.3 Å². The number of morpholine rings is 1. The zero-order valence-corrected chi connectivity index (χ0v) is 10.0. The largest absolute Gasteiger partial charge is 0.476 e. The van der Waals surface area contributed by atoms with Crippen molar-refractivity contribution in [2.45, 2.75) is 26.1 Å². The molecular weight excluding hydrogens is 228 g/mol. The van der Waals surface area contributed by atoms with E-state index in [-0.39, 0.29) is 17.9 Å². The van der Waals surface area contributed by atoms with Crippen LogP contribution in [-0.4, -0.2) is 41.4 Å². The van der Waals surface area contributed by atoms with Gasteiger partial charge in [0.2, 0.25) is 0 Å². The van der Waals surface area contributed by atoms with Crippen LogP contribution >= 0.6 is 11.3 Å². The van der Waals surface area contributed by atoms with E-state index in [9.17, 15) is 4.79 Å². The molecule has 1 saturated heterocycles. The van der Waals surface area contributed by atoms with Crippen molar-refractivity contribution in [1.82, 2.24) is 4.98 Å². The Balaban J connectivity index is 2.13. The molecule has 1 N–H and O–H groups in total. The second kappa shape index (κ2) is 4.39. The molecule has 0 bridgehead atoms. The highest BCUT2D eigenvalue weighted by Crippen LogP contribution is 2.24. The Hall–Kier alpha value is -1.14. The van der Waals surface area contributed by atoms with Crippen LogP contribution in [0.5, 0.6) is 0 Å². The topological polar surface area (TPSA) is 62.7 Å². The number of hydrogen-bond acceptors (Lipinski definition) is 5. The van der Waals surface area contributed by atoms with Crippen LogP contribution in [0.3, 0.4) is 0 Å². The van der Waals surface area contributed by atoms with Crippen LogP contribution in [-0.2, 0) is 4.74 Å². The van der Waals surface area contributed by atoms with Crippen LogP contribution in [0, 0.1) is 0 Å². The summed E-state index contributed by atoms with van der Waals surface area (Å²) < 4.78 is 5.61. The minimum absolute atomic E-state index is 0.117. The Morgan fingerprint density at radius 1 is 1.56 bits per heavy atom. The Morgan fingerprint density at radius 2 is 2.19 bits per heavy atom. The lowest BCUT2D eigenvalue weighted by molar-refractivity contribution is -0.00522. The summed E-state index contributed by atoms with van der Waals surface area (Å²) in [5, 5.41) is 11.1. The molecule has 0 aromatic carbocycles. The summed E-state index contributed by atoms with van der Waals surface area (Å²) in [6.45, 7) is 5.54. The van der Waals surface area contributed by atoms with Crippen LogP contribution in [0.15, 0.2) is 5.38 Å². The molecule has 1 fully saturated rings. The Morgan fingerprint density at radius 3 is 2.69 bits per heavy atom. The molecule has 88 valence electrons. The minimum Gasteiger partial charge on any atom is -0.476 e. The molecule has 6 heteroatoms. The van der Waals surface area contributed by atoms with Crippen LogP contribution < -0.4 is 4.90 Å². The summed E-state index contributed by atoms with van der Waals surface area (Å²) in [6.07, 6.45) is 0.307. The smallest absolute Gasteiger partial charge is 0.355 e. The van der Waals surface area contributed by atoms with Crippen molar-refractivity contribution in [2.24, 2.45) is 0 Å². The van der Waals surface area contributed by atoms with Gasteiger partial charge in [0.05, 0.1) is 12.2 Å². The first-order valence-electron chi connectivity index (χ1n) is 5.15. The summed E-state index contributed by atoms with van der Waals surface area (Å²) in [5.41, 5.74) is 0.117. The minimum atomic E-state index is -0.975. The molecule has 0 spiro atoms. The fourth-order valence-electron chi connectivity index (χ4n) is 1.84. The maximum atomic E-state index is 10.7. The molecule has 1 aliphatic rings. The monoisotopic (exact) mass is 242 g/mol. The summed E-state index contributed by atoms with van der Waals surface area (Å²) in [5.74, 6) is -0.975. The fraction of sp³-hybridized carbons (Fsp3) is 0.600. The number of aromatic carboxylic acids is 1. The molecule has 16 heavy (non-hydrogen) atoms. The number of carboxylic acids is 1. The normalized spacial score (nSPS) is 25.8. The van der Waals surface area contributed by atoms with Crippen LogP contribution in [0.2, 0.25) is 0 Å². The molecule has 0 saturated carbocycles. The van der Waals surface area contributed by atoms with Gasteiger partial charge in [0.25, 0.3) is 0 Å². The summed E-state index contributed by atoms with van der Waals surface area (Å²) >= 11 is 1.37. The van der Waals surface area contributed by atoms with Crippen molar-refractivity contribution in [2.75, 3.05) is 18.0 Å². The average molecular weight is 242 g/mol. The predicted molar refractivity (Wildman–Crippen MR) is 61.3 cm³/mol. The van der Waals surface area contributed by atoms with Gasteiger partial charge in [-0.3, -0.25) is 0 Å². The van der Waals surface area contributed by atoms with Gasteiger partial charge in [-0.25, -0.2) is 9.78 Å². The molecule has 0 aliphatic carbocycles. The Kier molecular flexibility index (Phi) is 3.11. The van der Waals surface area contributed by atoms with Crippen molar-refractivity contribution in [3.05, 3.63) is 11.1 Å². The highest BCUT2D eigenvalue weighted by Gasteiger charge is 2.24. The Bertz CT molecular complexity index is 383. The van der Waals surface area contributed by atoms with E-state index < -0.39 is 5.97 Å². The molecule has 0 radical (unpaired) electrons. The van der Waals surface area contributed by atoms with Crippen LogP contribution in [0.4, 0.5) is 5.13 Å². The molecule has 2 heterocycles. The second-order valence-electron chi connectivity index (χ2n) is 3.98. The van der Waals surface area contributed by atoms with Gasteiger partial charge < -0.3 is 14.7 Å². The standard InChI is InChI=1S/C10H14N2O3S/c1-6-3-12(4-7(2)15-6)10-11-8(5-16-10)9(13)14/h5-7H,3-4H2,1-2H3,(H,13,14). The number of nitrogens with zero attached hydrogens (tertiary/aromatic N) is 2. The molecule has 1 aromatic rings. The van der Waals surface area contributed by atoms with Gasteiger partial charge in [-0.2, -0.15) is 0 Å². The van der Waals surface area contributed by atoms with E-state index in [0.29, 0.717) is 0 Å². The highest BCUT2D eigenvalue weighted by molar-refractivity contribution is 7.13. The average Bonchev–Trinajstić information content (AvgIpc) is 2.64. The van der Waals surface area contributed by atoms with E-state index in [1.807, 2.05) is 13.8 Å². The van der Waals surface area contributed by atoms with Gasteiger partial charge in [0.15, 0.2) is 10.8 Å². The molecule has 2 unspecified atom stereocenters. The molecule has 2 atom stereocenters. The molecule has 1 aromatic heterocycles. The Labute approximate surface area is 97.7 Å². The van der Waals surface area contributed by atoms with Gasteiger partial charge >= 0.3 is 5.97 Å². The first kappa shape index (κ1) is 11.3. The van der Waals surface area contributed by atoms with E-state index >= 15 is 0 Å². The predicted octanol–water partition coefficient (Wildman–Crippen LogP) is 1.45. The van der Waals surface area contributed by atoms with Crippen molar-refractivity contribution < 1.29 is 14.6 Å². The van der Waals surface area contributed by atoms with Crippen molar-refractivity contribution in [3.8, 4) is 0 Å². The summed E-state index contributed by atoms with van der Waals surface area (Å²) in [4.78, 5) is 16.9. The number of thiazole rings is 1. The number of anilines is 1. The molecule has 0 amide bonds. The third kappa shape index (κ3) is 2.33. The number of aromatic nitrogens is 1. The lowest BCUT2D eigenvalue weighted by atomic mass is 10.2. The van der Waals surface area contributed by atoms with E-state index in [1.165, 1.54) is 11.3 Å². The van der Waals surface area contributed by atoms with E-state index in [4.69, 9.17) is 9.84 Å². The third-order valence-electron chi connectivity index (χ3n) is 2.40. The van der Waals surface area contributed by atoms with Gasteiger partial charge in [0.1, 0.15) is 0 Å². The van der Waals surface area contributed by atoms with E-state index in [2.05, 4.69) is 9.88 Å². The zero-order valence-electron chi connectivity index (χ0n) is 9.21. The maximum absolute atomic E-state index is 10.7. The number of rotatable bonds is 2. The summed E-state index contributed by atoms with van der Waals surface area (Å²) in [6, 6.07) is 0. The number of hydrogen-bond donors (Lipinski definition) is 1. The number of carbonyl (C=O) groups is 1. The van der Waals surface area contributed by atoms with Crippen molar-refractivity contribution in [1.29, 1.82) is 0 Å². The SMILES string of the molecule is CC1CN(c2nc(C(=O)O)cs2)CC(C)O1. The molecule has 5 nitrogen and oxygen atoms in total. The number of carboxylic acid groups (broad SMARTS) is 1. The van der Waals surface area contributed by atoms with Gasteiger partial charge in [0, 0.05) is 18.5 Å². The molecule has 1 aliphatic heterocycles. The third-order valence-corrected chi connectivity index (χ3v) is 3.30. The maximum Gasteiger partial charge on any atom is 0.355 e. The molecule has 2 rings (SSSR count). The summed E-state index contributed by atoms with van der Waals surface area (Å²) in [7, 11) is 0. The van der Waals surface area contributed by atoms with Gasteiger partial charge in [-0.1, -0.05) is 0 Å². The lowest BCUT2D eigenvalue weighted by Gasteiger charge is -2.35. The van der Waals surface area contributed by atoms with E-state index in [1.54, 1.807) is 5.38 Å². The zero-order chi connectivity index (χ0) is 11.7. The first-order valence-corrected chi connectivity index (χ1v) is 6.03. The lowest BCUT2D eigenvalue weighted by Crippen LogP contribution is -2.45.